The molecule has 5 heteroatoms. The van der Waals surface area contributed by atoms with Gasteiger partial charge in [0.25, 0.3) is 0 Å². The quantitative estimate of drug-likeness (QED) is 0.326. The maximum absolute atomic E-state index is 5.23. The summed E-state index contributed by atoms with van der Waals surface area (Å²) in [5, 5.41) is 15.3. The molecule has 0 spiro atoms. The number of H-pyrrole nitrogens is 2. The lowest BCUT2D eigenvalue weighted by atomic mass is 10.0. The second-order valence-electron chi connectivity index (χ2n) is 7.01. The Hall–Kier alpha value is -4.12. The van der Waals surface area contributed by atoms with E-state index in [1.165, 1.54) is 0 Å². The smallest absolute Gasteiger partial charge is 0.118 e. The molecule has 2 N–H and O–H groups in total. The largest absolute Gasteiger partial charge is 0.497 e. The number of rotatable bonds is 5. The highest BCUT2D eigenvalue weighted by molar-refractivity contribution is 5.74. The Morgan fingerprint density at radius 3 is 1.59 bits per heavy atom. The predicted octanol–water partition coefficient (Wildman–Crippen LogP) is 6.84. The summed E-state index contributed by atoms with van der Waals surface area (Å²) in [7, 11) is 1.67. The van der Waals surface area contributed by atoms with Gasteiger partial charge in [0.2, 0.25) is 0 Å². The summed E-state index contributed by atoms with van der Waals surface area (Å²) in [6.45, 7) is 4.00. The van der Waals surface area contributed by atoms with Gasteiger partial charge in [-0.1, -0.05) is 62.4 Å². The molecule has 0 amide bonds. The molecule has 0 radical (unpaired) electrons. The summed E-state index contributed by atoms with van der Waals surface area (Å²) in [5.74, 6) is 0.833. The van der Waals surface area contributed by atoms with Crippen LogP contribution in [0.1, 0.15) is 13.8 Å². The van der Waals surface area contributed by atoms with Crippen LogP contribution in [0.3, 0.4) is 0 Å². The Kier molecular flexibility index (Phi) is 6.46. The van der Waals surface area contributed by atoms with E-state index >= 15 is 0 Å². The summed E-state index contributed by atoms with van der Waals surface area (Å²) in [6.07, 6.45) is 0. The first-order chi connectivity index (χ1) is 15.8. The van der Waals surface area contributed by atoms with E-state index < -0.39 is 0 Å². The molecule has 0 fully saturated rings. The molecule has 3 aromatic carbocycles. The molecule has 0 bridgehead atoms. The number of nitrogens with one attached hydrogen (secondary N) is 2. The monoisotopic (exact) mass is 422 g/mol. The van der Waals surface area contributed by atoms with Gasteiger partial charge in [-0.3, -0.25) is 10.2 Å². The van der Waals surface area contributed by atoms with Crippen LogP contribution in [0, 0.1) is 0 Å². The van der Waals surface area contributed by atoms with Crippen molar-refractivity contribution < 1.29 is 4.74 Å². The van der Waals surface area contributed by atoms with Crippen LogP contribution in [-0.2, 0) is 0 Å². The minimum atomic E-state index is 0.833. The van der Waals surface area contributed by atoms with Crippen LogP contribution in [0.5, 0.6) is 5.75 Å². The summed E-state index contributed by atoms with van der Waals surface area (Å²) < 4.78 is 5.23. The molecule has 5 rings (SSSR count). The molecule has 2 heterocycles. The Labute approximate surface area is 188 Å². The molecule has 0 aliphatic heterocycles. The van der Waals surface area contributed by atoms with Gasteiger partial charge in [0.05, 0.1) is 29.9 Å². The van der Waals surface area contributed by atoms with E-state index in [1.807, 2.05) is 62.4 Å². The van der Waals surface area contributed by atoms with Crippen LogP contribution in [0.15, 0.2) is 91.0 Å². The first-order valence-corrected chi connectivity index (χ1v) is 10.7. The van der Waals surface area contributed by atoms with Crippen LogP contribution in [-0.4, -0.2) is 27.5 Å². The first-order valence-electron chi connectivity index (χ1n) is 10.7. The average molecular weight is 423 g/mol. The lowest BCUT2D eigenvalue weighted by molar-refractivity contribution is 0.415. The van der Waals surface area contributed by atoms with Gasteiger partial charge in [-0.05, 0) is 53.6 Å². The minimum Gasteiger partial charge on any atom is -0.497 e. The van der Waals surface area contributed by atoms with E-state index in [1.54, 1.807) is 7.11 Å². The first kappa shape index (κ1) is 21.1. The Bertz CT molecular complexity index is 1270. The molecule has 5 nitrogen and oxygen atoms in total. The van der Waals surface area contributed by atoms with Crippen LogP contribution in [0.2, 0.25) is 0 Å². The van der Waals surface area contributed by atoms with Gasteiger partial charge in [-0.2, -0.15) is 10.2 Å². The molecule has 0 unspecified atom stereocenters. The third-order valence-corrected chi connectivity index (χ3v) is 5.10. The van der Waals surface area contributed by atoms with Crippen molar-refractivity contribution in [3.8, 4) is 50.8 Å². The van der Waals surface area contributed by atoms with Gasteiger partial charge in [-0.25, -0.2) is 0 Å². The number of aromatic nitrogens is 4. The molecular weight excluding hydrogens is 396 g/mol. The highest BCUT2D eigenvalue weighted by Crippen LogP contribution is 2.29. The zero-order chi connectivity index (χ0) is 22.3. The van der Waals surface area contributed by atoms with Crippen molar-refractivity contribution >= 4 is 0 Å². The zero-order valence-corrected chi connectivity index (χ0v) is 18.5. The molecule has 0 aliphatic rings. The highest BCUT2D eigenvalue weighted by atomic mass is 16.5. The number of benzene rings is 3. The molecule has 0 aliphatic carbocycles. The number of hydrogen-bond acceptors (Lipinski definition) is 3. The maximum atomic E-state index is 5.23. The van der Waals surface area contributed by atoms with Crippen molar-refractivity contribution in [1.29, 1.82) is 0 Å². The predicted molar refractivity (Wildman–Crippen MR) is 130 cm³/mol. The van der Waals surface area contributed by atoms with Crippen molar-refractivity contribution in [3.63, 3.8) is 0 Å². The van der Waals surface area contributed by atoms with Crippen LogP contribution >= 0.6 is 0 Å². The number of aromatic amines is 2. The molecule has 0 saturated heterocycles. The van der Waals surface area contributed by atoms with Gasteiger partial charge in [0, 0.05) is 11.1 Å². The fraction of sp³-hybridized carbons (Fsp3) is 0.111. The molecule has 0 atom stereocenters. The van der Waals surface area contributed by atoms with E-state index in [0.717, 1.165) is 50.8 Å². The Morgan fingerprint density at radius 2 is 1.06 bits per heavy atom. The Balaban J connectivity index is 0.00000119. The van der Waals surface area contributed by atoms with Gasteiger partial charge >= 0.3 is 0 Å². The SMILES string of the molecule is CC.COc1ccc(-c2cc(-c3cccc(-c4cc(-c5ccccc5)[nH]n4)c3)n[nH]2)cc1. The minimum absolute atomic E-state index is 0.833. The maximum Gasteiger partial charge on any atom is 0.118 e. The second kappa shape index (κ2) is 9.79. The number of methoxy groups -OCH3 is 1. The summed E-state index contributed by atoms with van der Waals surface area (Å²) >= 11 is 0. The number of ether oxygens (including phenoxy) is 1. The normalized spacial score (nSPS) is 10.3. The molecule has 5 aromatic rings. The summed E-state index contributed by atoms with van der Waals surface area (Å²) in [4.78, 5) is 0. The lowest BCUT2D eigenvalue weighted by Gasteiger charge is -2.01. The van der Waals surface area contributed by atoms with Crippen molar-refractivity contribution in [2.75, 3.05) is 7.11 Å². The van der Waals surface area contributed by atoms with E-state index in [2.05, 4.69) is 62.9 Å². The summed E-state index contributed by atoms with van der Waals surface area (Å²) in [5.41, 5.74) is 8.01. The van der Waals surface area contributed by atoms with Gasteiger partial charge in [-0.15, -0.1) is 0 Å². The Morgan fingerprint density at radius 1 is 0.562 bits per heavy atom. The summed E-state index contributed by atoms with van der Waals surface area (Å²) in [6, 6.07) is 30.5. The van der Waals surface area contributed by atoms with E-state index in [-0.39, 0.29) is 0 Å². The molecule has 2 aromatic heterocycles. The third kappa shape index (κ3) is 4.47. The molecule has 160 valence electrons. The molecule has 32 heavy (non-hydrogen) atoms. The zero-order valence-electron chi connectivity index (χ0n) is 18.5. The fourth-order valence-electron chi connectivity index (χ4n) is 3.46. The van der Waals surface area contributed by atoms with Crippen molar-refractivity contribution in [2.24, 2.45) is 0 Å². The van der Waals surface area contributed by atoms with E-state index in [0.29, 0.717) is 0 Å². The standard InChI is InChI=1S/C25H20N4O.C2H6/c1-30-21-12-10-18(11-13-21)23-16-25(29-27-23)20-9-5-8-19(14-20)24-15-22(26-28-24)17-6-3-2-4-7-17;1-2/h2-16H,1H3,(H,26,28)(H,27,29);1-2H3. The van der Waals surface area contributed by atoms with Crippen LogP contribution in [0.4, 0.5) is 0 Å². The average Bonchev–Trinajstić information content (AvgIpc) is 3.57. The van der Waals surface area contributed by atoms with Crippen LogP contribution < -0.4 is 4.74 Å². The van der Waals surface area contributed by atoms with E-state index in [4.69, 9.17) is 4.74 Å². The molecule has 0 saturated carbocycles. The van der Waals surface area contributed by atoms with Crippen molar-refractivity contribution in [1.82, 2.24) is 20.4 Å². The van der Waals surface area contributed by atoms with Crippen molar-refractivity contribution in [3.05, 3.63) is 91.0 Å². The molecular formula is C27H26N4O. The highest BCUT2D eigenvalue weighted by Gasteiger charge is 2.10. The van der Waals surface area contributed by atoms with Crippen molar-refractivity contribution in [2.45, 2.75) is 13.8 Å². The second-order valence-corrected chi connectivity index (χ2v) is 7.01. The lowest BCUT2D eigenvalue weighted by Crippen LogP contribution is -1.82. The number of nitrogens with zero attached hydrogens (tertiary/aromatic N) is 2. The van der Waals surface area contributed by atoms with E-state index in [9.17, 15) is 0 Å². The topological polar surface area (TPSA) is 66.6 Å². The van der Waals surface area contributed by atoms with Gasteiger partial charge < -0.3 is 4.74 Å². The third-order valence-electron chi connectivity index (χ3n) is 5.10. The number of hydrogen-bond donors (Lipinski definition) is 2. The van der Waals surface area contributed by atoms with Crippen LogP contribution in [0.25, 0.3) is 45.0 Å². The van der Waals surface area contributed by atoms with Gasteiger partial charge in [0.1, 0.15) is 5.75 Å². The van der Waals surface area contributed by atoms with Gasteiger partial charge in [0.15, 0.2) is 0 Å². The fourth-order valence-corrected chi connectivity index (χ4v) is 3.46.